The molecule has 4 aromatic carbocycles. The van der Waals surface area contributed by atoms with E-state index >= 15 is 0 Å². The molecule has 0 saturated carbocycles. The van der Waals surface area contributed by atoms with Gasteiger partial charge in [0.05, 0.1) is 9.79 Å². The number of para-hydroxylation sites is 2. The molecule has 0 fully saturated rings. The second-order valence-corrected chi connectivity index (χ2v) is 13.9. The van der Waals surface area contributed by atoms with E-state index < -0.39 is 30.0 Å². The van der Waals surface area contributed by atoms with Gasteiger partial charge in [0.1, 0.15) is 20.2 Å². The van der Waals surface area contributed by atoms with Gasteiger partial charge in [0.25, 0.3) is 0 Å². The van der Waals surface area contributed by atoms with Crippen molar-refractivity contribution in [3.8, 4) is 0 Å². The summed E-state index contributed by atoms with van der Waals surface area (Å²) in [6.07, 6.45) is 2.36. The number of nitrogens with one attached hydrogen (secondary N) is 4. The molecule has 0 radical (unpaired) electrons. The molecule has 6 aromatic rings. The minimum atomic E-state index is -5.07. The monoisotopic (exact) mass is 822 g/mol. The Bertz CT molecular complexity index is 2350. The molecule has 22 heteroatoms. The van der Waals surface area contributed by atoms with Crippen LogP contribution in [0, 0.1) is 0 Å². The molecule has 16 nitrogen and oxygen atoms in total. The fourth-order valence-corrected chi connectivity index (χ4v) is 6.31. The SMILES string of the molecule is O=S(=O)([O-])c1cc(Nc2nc(Cl)nc(Nc3ccccc3)n2)ccc1/C=C/c1ccc(Nc2nc(Cl)nc(Nc3ccccc3)n2)cc1S(=O)(=O)[O-].[Na+].[Na+]. The van der Waals surface area contributed by atoms with Gasteiger partial charge < -0.3 is 30.4 Å². The fraction of sp³-hybridized carbons (Fsp3) is 0. The van der Waals surface area contributed by atoms with Gasteiger partial charge in [-0.2, -0.15) is 29.9 Å². The van der Waals surface area contributed by atoms with Crippen molar-refractivity contribution in [2.24, 2.45) is 0 Å². The molecule has 264 valence electrons. The topological polar surface area (TPSA) is 240 Å². The zero-order chi connectivity index (χ0) is 36.9. The predicted molar refractivity (Wildman–Crippen MR) is 193 cm³/mol. The van der Waals surface area contributed by atoms with Crippen molar-refractivity contribution >= 4 is 102 Å². The van der Waals surface area contributed by atoms with Crippen LogP contribution in [0.4, 0.5) is 46.5 Å². The molecule has 54 heavy (non-hydrogen) atoms. The predicted octanol–water partition coefficient (Wildman–Crippen LogP) is 0.324. The van der Waals surface area contributed by atoms with Gasteiger partial charge in [0.2, 0.25) is 34.4 Å². The Morgan fingerprint density at radius 3 is 1.09 bits per heavy atom. The molecule has 0 aliphatic carbocycles. The Labute approximate surface area is 363 Å². The maximum Gasteiger partial charge on any atom is 1.00 e. The number of halogens is 2. The van der Waals surface area contributed by atoms with Gasteiger partial charge in [-0.15, -0.1) is 0 Å². The van der Waals surface area contributed by atoms with Crippen LogP contribution in [0.3, 0.4) is 0 Å². The first-order valence-corrected chi connectivity index (χ1v) is 18.3. The normalized spacial score (nSPS) is 11.3. The van der Waals surface area contributed by atoms with Crippen molar-refractivity contribution < 1.29 is 85.1 Å². The Hall–Kier alpha value is -3.76. The zero-order valence-electron chi connectivity index (χ0n) is 28.1. The van der Waals surface area contributed by atoms with E-state index in [2.05, 4.69) is 51.2 Å². The Morgan fingerprint density at radius 2 is 0.778 bits per heavy atom. The standard InChI is InChI=1S/C32H24Cl2N10O6S2.2Na/c33-27-39-29(35-21-7-3-1-4-8-21)43-31(41-27)37-23-15-13-19(25(17-23)51(45,46)47)11-12-20-14-16-24(18-26(20)52(48,49)50)38-32-42-28(34)40-30(44-32)36-22-9-5-2-6-10-22;;/h1-18H,(H,45,46,47)(H,48,49,50)(H2,35,37,39,41,43)(H2,36,38,40,42,44);;/q;2*+1/p-2/b12-11+;;. The van der Waals surface area contributed by atoms with E-state index in [0.29, 0.717) is 11.4 Å². The number of benzene rings is 4. The minimum Gasteiger partial charge on any atom is -0.744 e. The van der Waals surface area contributed by atoms with E-state index in [4.69, 9.17) is 23.2 Å². The minimum absolute atomic E-state index is 0. The number of hydrogen-bond acceptors (Lipinski definition) is 16. The summed E-state index contributed by atoms with van der Waals surface area (Å²) in [5.74, 6) is 0.0746. The van der Waals surface area contributed by atoms with E-state index in [-0.39, 0.29) is 116 Å². The summed E-state index contributed by atoms with van der Waals surface area (Å²) >= 11 is 12.1. The summed E-state index contributed by atoms with van der Waals surface area (Å²) in [6.45, 7) is 0. The number of nitrogens with zero attached hydrogens (tertiary/aromatic N) is 6. The molecule has 0 atom stereocenters. The second kappa shape index (κ2) is 18.7. The van der Waals surface area contributed by atoms with Gasteiger partial charge >= 0.3 is 59.1 Å². The van der Waals surface area contributed by atoms with Crippen LogP contribution < -0.4 is 80.4 Å². The summed E-state index contributed by atoms with van der Waals surface area (Å²) in [5, 5.41) is 11.2. The average molecular weight is 824 g/mol. The first-order chi connectivity index (χ1) is 24.8. The third-order valence-electron chi connectivity index (χ3n) is 6.80. The summed E-state index contributed by atoms with van der Waals surface area (Å²) in [6, 6.07) is 25.5. The Balaban J connectivity index is 0.00000325. The number of aromatic nitrogens is 6. The molecule has 2 heterocycles. The molecular weight excluding hydrogens is 801 g/mol. The van der Waals surface area contributed by atoms with Gasteiger partial charge in [-0.05, 0) is 82.9 Å². The van der Waals surface area contributed by atoms with Gasteiger partial charge in [-0.3, -0.25) is 0 Å². The first-order valence-electron chi connectivity index (χ1n) is 14.7. The molecule has 0 bridgehead atoms. The third-order valence-corrected chi connectivity index (χ3v) is 8.92. The van der Waals surface area contributed by atoms with E-state index in [0.717, 1.165) is 12.1 Å². The van der Waals surface area contributed by atoms with Crippen LogP contribution in [0.1, 0.15) is 11.1 Å². The summed E-state index contributed by atoms with van der Waals surface area (Å²) in [7, 11) is -10.1. The summed E-state index contributed by atoms with van der Waals surface area (Å²) in [5.41, 5.74) is 1.36. The molecule has 0 spiro atoms. The number of hydrogen-bond donors (Lipinski definition) is 4. The molecule has 0 amide bonds. The molecule has 2 aromatic heterocycles. The van der Waals surface area contributed by atoms with Crippen LogP contribution in [0.25, 0.3) is 12.2 Å². The fourth-order valence-electron chi connectivity index (χ4n) is 4.60. The van der Waals surface area contributed by atoms with Crippen molar-refractivity contribution in [1.29, 1.82) is 0 Å². The van der Waals surface area contributed by atoms with Crippen LogP contribution in [-0.4, -0.2) is 55.8 Å². The maximum atomic E-state index is 12.3. The molecule has 6 rings (SSSR count). The van der Waals surface area contributed by atoms with Gasteiger partial charge in [0.15, 0.2) is 0 Å². The van der Waals surface area contributed by atoms with Crippen LogP contribution >= 0.6 is 23.2 Å². The van der Waals surface area contributed by atoms with Crippen LogP contribution in [0.5, 0.6) is 0 Å². The third kappa shape index (κ3) is 11.9. The van der Waals surface area contributed by atoms with Gasteiger partial charge in [0, 0.05) is 22.7 Å². The van der Waals surface area contributed by atoms with Crippen molar-refractivity contribution in [3.05, 3.63) is 119 Å². The van der Waals surface area contributed by atoms with Crippen molar-refractivity contribution in [2.75, 3.05) is 21.3 Å². The molecule has 0 aliphatic rings. The molecule has 0 saturated heterocycles. The van der Waals surface area contributed by atoms with E-state index in [9.17, 15) is 25.9 Å². The van der Waals surface area contributed by atoms with Crippen LogP contribution in [-0.2, 0) is 20.2 Å². The van der Waals surface area contributed by atoms with Crippen LogP contribution in [0.2, 0.25) is 10.6 Å². The second-order valence-electron chi connectivity index (χ2n) is 10.5. The van der Waals surface area contributed by atoms with Gasteiger partial charge in [-0.25, -0.2) is 16.8 Å². The quantitative estimate of drug-likeness (QED) is 0.0739. The number of anilines is 8. The van der Waals surface area contributed by atoms with Gasteiger partial charge in [-0.1, -0.05) is 60.7 Å². The van der Waals surface area contributed by atoms with Crippen molar-refractivity contribution in [1.82, 2.24) is 29.9 Å². The smallest absolute Gasteiger partial charge is 0.744 e. The van der Waals surface area contributed by atoms with Crippen molar-refractivity contribution in [2.45, 2.75) is 9.79 Å². The molecular formula is C32H22Cl2N10Na2O6S2. The van der Waals surface area contributed by atoms with E-state index in [1.807, 2.05) is 12.1 Å². The molecule has 0 aliphatic heterocycles. The Morgan fingerprint density at radius 1 is 0.463 bits per heavy atom. The molecule has 0 unspecified atom stereocenters. The number of rotatable bonds is 12. The van der Waals surface area contributed by atoms with E-state index in [1.165, 1.54) is 36.4 Å². The average Bonchev–Trinajstić information content (AvgIpc) is 3.07. The maximum absolute atomic E-state index is 12.3. The van der Waals surface area contributed by atoms with Crippen LogP contribution in [0.15, 0.2) is 107 Å². The van der Waals surface area contributed by atoms with E-state index in [1.54, 1.807) is 48.5 Å². The molecule has 4 N–H and O–H groups in total. The summed E-state index contributed by atoms with van der Waals surface area (Å²) < 4.78 is 73.8. The summed E-state index contributed by atoms with van der Waals surface area (Å²) in [4.78, 5) is 23.1. The first kappa shape index (κ1) is 43.0. The zero-order valence-corrected chi connectivity index (χ0v) is 35.2. The largest absolute Gasteiger partial charge is 1.00 e. The van der Waals surface area contributed by atoms with Crippen molar-refractivity contribution in [3.63, 3.8) is 0 Å². The Kier molecular flexibility index (Phi) is 14.9.